The summed E-state index contributed by atoms with van der Waals surface area (Å²) in [6.07, 6.45) is -5.75. The molecule has 0 saturated carbocycles. The van der Waals surface area contributed by atoms with E-state index in [9.17, 15) is 22.7 Å². The highest BCUT2D eigenvalue weighted by molar-refractivity contribution is 6.31. The first-order chi connectivity index (χ1) is 9.71. The number of aliphatic hydroxyl groups excluding tert-OH is 1. The molecule has 2 aromatic carbocycles. The Morgan fingerprint density at radius 2 is 1.76 bits per heavy atom. The maximum absolute atomic E-state index is 13.4. The molecule has 1 unspecified atom stereocenters. The van der Waals surface area contributed by atoms with Crippen molar-refractivity contribution in [2.24, 2.45) is 0 Å². The lowest BCUT2D eigenvalue weighted by Crippen LogP contribution is -2.08. The fourth-order valence-electron chi connectivity index (χ4n) is 2.06. The fourth-order valence-corrected chi connectivity index (χ4v) is 2.29. The van der Waals surface area contributed by atoms with E-state index < -0.39 is 23.7 Å². The summed E-state index contributed by atoms with van der Waals surface area (Å²) in [5.74, 6) is -0.696. The molecule has 1 atom stereocenters. The van der Waals surface area contributed by atoms with E-state index in [4.69, 9.17) is 11.6 Å². The summed E-state index contributed by atoms with van der Waals surface area (Å²) in [7, 11) is 0. The summed E-state index contributed by atoms with van der Waals surface area (Å²) in [4.78, 5) is 0. The molecule has 0 bridgehead atoms. The number of benzene rings is 2. The molecule has 1 nitrogen and oxygen atoms in total. The smallest absolute Gasteiger partial charge is 0.384 e. The number of hydrogen-bond acceptors (Lipinski definition) is 1. The first-order valence-electron chi connectivity index (χ1n) is 6.01. The van der Waals surface area contributed by atoms with Crippen molar-refractivity contribution in [3.8, 4) is 0 Å². The van der Waals surface area contributed by atoms with Gasteiger partial charge in [0.15, 0.2) is 0 Å². The predicted molar refractivity (Wildman–Crippen MR) is 71.7 cm³/mol. The van der Waals surface area contributed by atoms with E-state index in [1.54, 1.807) is 0 Å². The Bertz CT molecular complexity index is 667. The van der Waals surface area contributed by atoms with Gasteiger partial charge in [0.2, 0.25) is 0 Å². The third-order valence-corrected chi connectivity index (χ3v) is 3.57. The SMILES string of the molecule is Cc1cc(C(F)(F)F)ccc1C(O)c1cccc(F)c1Cl. The van der Waals surface area contributed by atoms with Crippen LogP contribution in [0, 0.1) is 12.7 Å². The van der Waals surface area contributed by atoms with E-state index in [1.807, 2.05) is 0 Å². The van der Waals surface area contributed by atoms with Crippen molar-refractivity contribution in [2.75, 3.05) is 0 Å². The highest BCUT2D eigenvalue weighted by atomic mass is 35.5. The number of aliphatic hydroxyl groups is 1. The van der Waals surface area contributed by atoms with Gasteiger partial charge in [-0.3, -0.25) is 0 Å². The van der Waals surface area contributed by atoms with E-state index in [2.05, 4.69) is 0 Å². The molecule has 112 valence electrons. The third-order valence-electron chi connectivity index (χ3n) is 3.17. The number of aryl methyl sites for hydroxylation is 1. The van der Waals surface area contributed by atoms with Crippen molar-refractivity contribution in [1.29, 1.82) is 0 Å². The molecule has 0 spiro atoms. The van der Waals surface area contributed by atoms with Crippen LogP contribution in [-0.4, -0.2) is 5.11 Å². The molecule has 0 amide bonds. The molecule has 2 aromatic rings. The molecule has 0 aliphatic carbocycles. The summed E-state index contributed by atoms with van der Waals surface area (Å²) in [5, 5.41) is 9.99. The highest BCUT2D eigenvalue weighted by Gasteiger charge is 2.31. The van der Waals surface area contributed by atoms with Crippen molar-refractivity contribution < 1.29 is 22.7 Å². The van der Waals surface area contributed by atoms with Crippen LogP contribution in [0.15, 0.2) is 36.4 Å². The molecule has 0 heterocycles. The molecular formula is C15H11ClF4O. The second-order valence-electron chi connectivity index (χ2n) is 4.61. The molecule has 0 aliphatic rings. The zero-order valence-corrected chi connectivity index (χ0v) is 11.6. The van der Waals surface area contributed by atoms with Gasteiger partial charge in [0, 0.05) is 5.56 Å². The lowest BCUT2D eigenvalue weighted by Gasteiger charge is -2.17. The Morgan fingerprint density at radius 3 is 2.33 bits per heavy atom. The highest BCUT2D eigenvalue weighted by Crippen LogP contribution is 2.35. The minimum atomic E-state index is -4.45. The molecule has 1 N–H and O–H groups in total. The Morgan fingerprint density at radius 1 is 1.10 bits per heavy atom. The first kappa shape index (κ1) is 15.8. The van der Waals surface area contributed by atoms with Crippen LogP contribution in [0.3, 0.4) is 0 Å². The molecule has 0 aliphatic heterocycles. The summed E-state index contributed by atoms with van der Waals surface area (Å²) >= 11 is 5.78. The van der Waals surface area contributed by atoms with Gasteiger partial charge in [-0.25, -0.2) is 4.39 Å². The largest absolute Gasteiger partial charge is 0.416 e. The fraction of sp³-hybridized carbons (Fsp3) is 0.200. The normalized spacial score (nSPS) is 13.3. The number of halogens is 5. The van der Waals surface area contributed by atoms with Crippen LogP contribution in [-0.2, 0) is 6.18 Å². The van der Waals surface area contributed by atoms with Crippen molar-refractivity contribution in [2.45, 2.75) is 19.2 Å². The Hall–Kier alpha value is -1.59. The molecule has 0 radical (unpaired) electrons. The monoisotopic (exact) mass is 318 g/mol. The molecule has 0 aromatic heterocycles. The summed E-state index contributed by atoms with van der Waals surface area (Å²) in [6, 6.07) is 6.92. The molecular weight excluding hydrogens is 308 g/mol. The number of rotatable bonds is 2. The topological polar surface area (TPSA) is 20.2 Å². The van der Waals surface area contributed by atoms with Crippen LogP contribution in [0.4, 0.5) is 17.6 Å². The average molecular weight is 319 g/mol. The van der Waals surface area contributed by atoms with E-state index in [0.29, 0.717) is 0 Å². The second kappa shape index (κ2) is 5.66. The van der Waals surface area contributed by atoms with Gasteiger partial charge in [-0.05, 0) is 36.2 Å². The molecule has 2 rings (SSSR count). The van der Waals surface area contributed by atoms with Gasteiger partial charge in [0.1, 0.15) is 11.9 Å². The van der Waals surface area contributed by atoms with Crippen molar-refractivity contribution in [1.82, 2.24) is 0 Å². The van der Waals surface area contributed by atoms with Crippen molar-refractivity contribution in [3.05, 3.63) is 69.5 Å². The maximum atomic E-state index is 13.4. The standard InChI is InChI=1S/C15H11ClF4O/c1-8-7-9(15(18,19)20)5-6-10(8)14(21)11-3-2-4-12(17)13(11)16/h2-7,14,21H,1H3. The van der Waals surface area contributed by atoms with Crippen LogP contribution in [0.1, 0.15) is 28.4 Å². The van der Waals surface area contributed by atoms with Crippen molar-refractivity contribution in [3.63, 3.8) is 0 Å². The minimum Gasteiger partial charge on any atom is -0.384 e. The second-order valence-corrected chi connectivity index (χ2v) is 4.99. The van der Waals surface area contributed by atoms with Crippen LogP contribution < -0.4 is 0 Å². The van der Waals surface area contributed by atoms with Gasteiger partial charge in [-0.2, -0.15) is 13.2 Å². The Labute approximate surface area is 123 Å². The summed E-state index contributed by atoms with van der Waals surface area (Å²) in [6.45, 7) is 1.45. The van der Waals surface area contributed by atoms with Crippen LogP contribution in [0.5, 0.6) is 0 Å². The third kappa shape index (κ3) is 3.19. The molecule has 0 fully saturated rings. The molecule has 21 heavy (non-hydrogen) atoms. The van der Waals surface area contributed by atoms with E-state index in [1.165, 1.54) is 25.1 Å². The van der Waals surface area contributed by atoms with Gasteiger partial charge in [0.25, 0.3) is 0 Å². The Balaban J connectivity index is 2.45. The Kier molecular flexibility index (Phi) is 4.25. The zero-order chi connectivity index (χ0) is 15.8. The van der Waals surface area contributed by atoms with Crippen LogP contribution in [0.2, 0.25) is 5.02 Å². The molecule has 0 saturated heterocycles. The van der Waals surface area contributed by atoms with E-state index >= 15 is 0 Å². The quantitative estimate of drug-likeness (QED) is 0.782. The average Bonchev–Trinajstić information content (AvgIpc) is 2.40. The summed E-state index contributed by atoms with van der Waals surface area (Å²) in [5.41, 5.74) is -0.200. The van der Waals surface area contributed by atoms with Gasteiger partial charge in [0.05, 0.1) is 10.6 Å². The zero-order valence-electron chi connectivity index (χ0n) is 10.9. The van der Waals surface area contributed by atoms with Gasteiger partial charge in [-0.1, -0.05) is 29.8 Å². The summed E-state index contributed by atoms with van der Waals surface area (Å²) < 4.78 is 51.2. The van der Waals surface area contributed by atoms with Crippen LogP contribution >= 0.6 is 11.6 Å². The lowest BCUT2D eigenvalue weighted by atomic mass is 9.95. The van der Waals surface area contributed by atoms with Gasteiger partial charge >= 0.3 is 6.18 Å². The van der Waals surface area contributed by atoms with Gasteiger partial charge in [-0.15, -0.1) is 0 Å². The predicted octanol–water partition coefficient (Wildman–Crippen LogP) is 4.89. The number of hydrogen-bond donors (Lipinski definition) is 1. The minimum absolute atomic E-state index is 0.111. The maximum Gasteiger partial charge on any atom is 0.416 e. The van der Waals surface area contributed by atoms with Gasteiger partial charge < -0.3 is 5.11 Å². The van der Waals surface area contributed by atoms with E-state index in [-0.39, 0.29) is 21.7 Å². The molecule has 6 heteroatoms. The lowest BCUT2D eigenvalue weighted by molar-refractivity contribution is -0.137. The van der Waals surface area contributed by atoms with E-state index in [0.717, 1.165) is 18.2 Å². The number of alkyl halides is 3. The first-order valence-corrected chi connectivity index (χ1v) is 6.39. The van der Waals surface area contributed by atoms with Crippen LogP contribution in [0.25, 0.3) is 0 Å². The van der Waals surface area contributed by atoms with Crippen molar-refractivity contribution >= 4 is 11.6 Å².